The van der Waals surface area contributed by atoms with Crippen molar-refractivity contribution in [2.24, 2.45) is 7.05 Å². The lowest BCUT2D eigenvalue weighted by molar-refractivity contribution is -0.125. The zero-order valence-corrected chi connectivity index (χ0v) is 17.1. The quantitative estimate of drug-likeness (QED) is 0.597. The molecule has 0 spiro atoms. The molecule has 30 heavy (non-hydrogen) atoms. The van der Waals surface area contributed by atoms with E-state index in [1.54, 1.807) is 6.20 Å². The lowest BCUT2D eigenvalue weighted by atomic mass is 9.92. The molecule has 5 atom stereocenters. The summed E-state index contributed by atoms with van der Waals surface area (Å²) >= 11 is 0. The lowest BCUT2D eigenvalue weighted by Crippen LogP contribution is -2.44. The SMILES string of the molecule is Cn1ccnc1CNC(=O)CC1CC2OC(CNC3CCC(F)(F)CC3)C(O)C2O1. The Morgan fingerprint density at radius 1 is 1.37 bits per heavy atom. The summed E-state index contributed by atoms with van der Waals surface area (Å²) < 4.78 is 40.2. The van der Waals surface area contributed by atoms with Crippen molar-refractivity contribution in [3.05, 3.63) is 18.2 Å². The van der Waals surface area contributed by atoms with Gasteiger partial charge >= 0.3 is 0 Å². The molecule has 1 amide bonds. The second kappa shape index (κ2) is 8.86. The molecule has 1 aromatic heterocycles. The van der Waals surface area contributed by atoms with Crippen LogP contribution in [0.25, 0.3) is 0 Å². The molecule has 4 rings (SSSR count). The number of nitrogens with one attached hydrogen (secondary N) is 2. The number of halogens is 2. The molecule has 168 valence electrons. The number of alkyl halides is 2. The van der Waals surface area contributed by atoms with Gasteiger partial charge in [-0.3, -0.25) is 4.79 Å². The third-order valence-corrected chi connectivity index (χ3v) is 6.38. The number of hydrogen-bond acceptors (Lipinski definition) is 6. The van der Waals surface area contributed by atoms with Crippen LogP contribution in [0.15, 0.2) is 12.4 Å². The summed E-state index contributed by atoms with van der Waals surface area (Å²) in [6.45, 7) is 0.754. The largest absolute Gasteiger partial charge is 0.388 e. The Morgan fingerprint density at radius 2 is 2.13 bits per heavy atom. The van der Waals surface area contributed by atoms with Crippen LogP contribution in [-0.2, 0) is 27.9 Å². The highest BCUT2D eigenvalue weighted by atomic mass is 19.3. The van der Waals surface area contributed by atoms with Crippen molar-refractivity contribution in [1.29, 1.82) is 0 Å². The molecule has 0 aromatic carbocycles. The van der Waals surface area contributed by atoms with Gasteiger partial charge in [0.05, 0.1) is 31.3 Å². The maximum Gasteiger partial charge on any atom is 0.248 e. The van der Waals surface area contributed by atoms with Crippen LogP contribution in [0, 0.1) is 0 Å². The number of hydrogen-bond donors (Lipinski definition) is 3. The minimum Gasteiger partial charge on any atom is -0.388 e. The van der Waals surface area contributed by atoms with E-state index in [0.717, 1.165) is 5.82 Å². The molecule has 3 heterocycles. The molecule has 10 heteroatoms. The fourth-order valence-corrected chi connectivity index (χ4v) is 4.56. The number of amides is 1. The number of aromatic nitrogens is 2. The zero-order chi connectivity index (χ0) is 21.3. The first-order valence-corrected chi connectivity index (χ1v) is 10.6. The van der Waals surface area contributed by atoms with Gasteiger partial charge in [0, 0.05) is 51.3 Å². The molecule has 3 fully saturated rings. The number of ether oxygens (including phenoxy) is 2. The van der Waals surface area contributed by atoms with Crippen LogP contribution in [-0.4, -0.2) is 69.6 Å². The van der Waals surface area contributed by atoms with Crippen molar-refractivity contribution in [2.75, 3.05) is 6.54 Å². The number of carbonyl (C=O) groups is 1. The van der Waals surface area contributed by atoms with Gasteiger partial charge in [0.1, 0.15) is 18.0 Å². The number of carbonyl (C=O) groups excluding carboxylic acids is 1. The molecule has 5 unspecified atom stereocenters. The number of aliphatic hydroxyl groups is 1. The lowest BCUT2D eigenvalue weighted by Gasteiger charge is -2.30. The van der Waals surface area contributed by atoms with Crippen LogP contribution >= 0.6 is 0 Å². The van der Waals surface area contributed by atoms with Gasteiger partial charge in [0.2, 0.25) is 11.8 Å². The highest BCUT2D eigenvalue weighted by molar-refractivity contribution is 5.76. The average molecular weight is 428 g/mol. The van der Waals surface area contributed by atoms with Gasteiger partial charge in [0.15, 0.2) is 0 Å². The number of nitrogens with zero attached hydrogens (tertiary/aromatic N) is 2. The molecule has 8 nitrogen and oxygen atoms in total. The minimum atomic E-state index is -2.55. The fraction of sp³-hybridized carbons (Fsp3) is 0.800. The summed E-state index contributed by atoms with van der Waals surface area (Å²) in [4.78, 5) is 16.4. The van der Waals surface area contributed by atoms with Gasteiger partial charge < -0.3 is 29.8 Å². The van der Waals surface area contributed by atoms with Crippen LogP contribution < -0.4 is 10.6 Å². The van der Waals surface area contributed by atoms with E-state index in [4.69, 9.17) is 9.47 Å². The Balaban J connectivity index is 1.17. The fourth-order valence-electron chi connectivity index (χ4n) is 4.56. The van der Waals surface area contributed by atoms with Crippen molar-refractivity contribution in [2.45, 2.75) is 87.6 Å². The molecule has 2 aliphatic heterocycles. The first kappa shape index (κ1) is 21.6. The van der Waals surface area contributed by atoms with E-state index in [0.29, 0.717) is 32.4 Å². The molecule has 1 aromatic rings. The summed E-state index contributed by atoms with van der Waals surface area (Å²) in [6, 6.07) is 0.0249. The maximum absolute atomic E-state index is 13.3. The summed E-state index contributed by atoms with van der Waals surface area (Å²) in [6.07, 6.45) is 2.65. The van der Waals surface area contributed by atoms with E-state index in [2.05, 4.69) is 15.6 Å². The third kappa shape index (κ3) is 4.99. The van der Waals surface area contributed by atoms with Crippen molar-refractivity contribution < 1.29 is 28.2 Å². The highest BCUT2D eigenvalue weighted by Gasteiger charge is 2.50. The standard InChI is InChI=1S/C20H30F2N4O4/c1-26-7-6-23-16(26)11-25-17(27)9-13-8-14-19(29-13)18(28)15(30-14)10-24-12-2-4-20(21,22)5-3-12/h6-7,12-15,18-19,24,28H,2-5,8-11H2,1H3,(H,25,27). The Kier molecular flexibility index (Phi) is 6.38. The molecule has 2 saturated heterocycles. The van der Waals surface area contributed by atoms with Gasteiger partial charge in [-0.2, -0.15) is 0 Å². The average Bonchev–Trinajstić information content (AvgIpc) is 3.36. The number of rotatable bonds is 7. The Hall–Kier alpha value is -1.62. The topological polar surface area (TPSA) is 97.6 Å². The van der Waals surface area contributed by atoms with E-state index >= 15 is 0 Å². The van der Waals surface area contributed by atoms with Gasteiger partial charge in [-0.25, -0.2) is 13.8 Å². The van der Waals surface area contributed by atoms with Crippen molar-refractivity contribution in [1.82, 2.24) is 20.2 Å². The van der Waals surface area contributed by atoms with Gasteiger partial charge in [0.25, 0.3) is 0 Å². The van der Waals surface area contributed by atoms with E-state index < -0.39 is 24.2 Å². The van der Waals surface area contributed by atoms with Crippen LogP contribution in [0.4, 0.5) is 8.78 Å². The van der Waals surface area contributed by atoms with E-state index in [9.17, 15) is 18.7 Å². The van der Waals surface area contributed by atoms with Gasteiger partial charge in [-0.15, -0.1) is 0 Å². The Labute approximate surface area is 174 Å². The number of aryl methyl sites for hydroxylation is 1. The van der Waals surface area contributed by atoms with Crippen LogP contribution in [0.1, 0.15) is 44.3 Å². The van der Waals surface area contributed by atoms with E-state index in [1.165, 1.54) is 0 Å². The normalized spacial score (nSPS) is 33.5. The maximum atomic E-state index is 13.3. The second-order valence-electron chi connectivity index (χ2n) is 8.64. The molecule has 0 bridgehead atoms. The molecule has 3 aliphatic rings. The highest BCUT2D eigenvalue weighted by Crippen LogP contribution is 2.36. The van der Waals surface area contributed by atoms with Gasteiger partial charge in [-0.1, -0.05) is 0 Å². The third-order valence-electron chi connectivity index (χ3n) is 6.38. The number of fused-ring (bicyclic) bond motifs is 1. The minimum absolute atomic E-state index is 0.0249. The van der Waals surface area contributed by atoms with E-state index in [-0.39, 0.29) is 43.4 Å². The van der Waals surface area contributed by atoms with Gasteiger partial charge in [-0.05, 0) is 12.8 Å². The molecule has 3 N–H and O–H groups in total. The van der Waals surface area contributed by atoms with Crippen LogP contribution in [0.5, 0.6) is 0 Å². The summed E-state index contributed by atoms with van der Waals surface area (Å²) in [5.41, 5.74) is 0. The molecule has 1 saturated carbocycles. The zero-order valence-electron chi connectivity index (χ0n) is 17.1. The first-order chi connectivity index (χ1) is 14.3. The monoisotopic (exact) mass is 428 g/mol. The van der Waals surface area contributed by atoms with E-state index in [1.807, 2.05) is 17.8 Å². The van der Waals surface area contributed by atoms with Crippen molar-refractivity contribution >= 4 is 5.91 Å². The van der Waals surface area contributed by atoms with Crippen LogP contribution in [0.2, 0.25) is 0 Å². The predicted octanol–water partition coefficient (Wildman–Crippen LogP) is 0.880. The van der Waals surface area contributed by atoms with Crippen LogP contribution in [0.3, 0.4) is 0 Å². The van der Waals surface area contributed by atoms with Crippen molar-refractivity contribution in [3.8, 4) is 0 Å². The molecule has 1 aliphatic carbocycles. The predicted molar refractivity (Wildman–Crippen MR) is 103 cm³/mol. The van der Waals surface area contributed by atoms with Crippen molar-refractivity contribution in [3.63, 3.8) is 0 Å². The summed E-state index contributed by atoms with van der Waals surface area (Å²) in [7, 11) is 1.86. The first-order valence-electron chi connectivity index (χ1n) is 10.6. The molecule has 0 radical (unpaired) electrons. The Morgan fingerprint density at radius 3 is 2.80 bits per heavy atom. The summed E-state index contributed by atoms with van der Waals surface area (Å²) in [5, 5.41) is 16.6. The second-order valence-corrected chi connectivity index (χ2v) is 8.64. The summed E-state index contributed by atoms with van der Waals surface area (Å²) in [5.74, 6) is -1.92. The smallest absolute Gasteiger partial charge is 0.248 e. The molecular formula is C20H30F2N4O4. The number of imidazole rings is 1. The molecular weight excluding hydrogens is 398 g/mol. The Bertz CT molecular complexity index is 736. The number of aliphatic hydroxyl groups excluding tert-OH is 1.